The molecule has 0 aromatic carbocycles. The average molecular weight is 436 g/mol. The van der Waals surface area contributed by atoms with Crippen molar-refractivity contribution in [1.82, 2.24) is 25.3 Å². The van der Waals surface area contributed by atoms with Crippen molar-refractivity contribution >= 4 is 17.7 Å². The SMILES string of the molecule is CC(=O)NC1=CC2=C3C(=O)N(C)C4=C3C(=CNC4)CN(C3CCN(C(C)=O)CC3)C2C=C1. The molecule has 5 aliphatic rings. The fraction of sp³-hybridized carbons (Fsp3) is 0.458. The highest BCUT2D eigenvalue weighted by molar-refractivity contribution is 6.06. The third-order valence-corrected chi connectivity index (χ3v) is 7.11. The summed E-state index contributed by atoms with van der Waals surface area (Å²) in [5.74, 6) is -0.00412. The predicted octanol–water partition coefficient (Wildman–Crippen LogP) is 0.781. The summed E-state index contributed by atoms with van der Waals surface area (Å²) in [6.45, 7) is 5.96. The van der Waals surface area contributed by atoms with Gasteiger partial charge in [-0.15, -0.1) is 0 Å². The van der Waals surface area contributed by atoms with Gasteiger partial charge < -0.3 is 20.4 Å². The lowest BCUT2D eigenvalue weighted by molar-refractivity contribution is -0.130. The minimum Gasteiger partial charge on any atom is -0.385 e. The number of fused-ring (bicyclic) bond motifs is 1. The Morgan fingerprint density at radius 2 is 1.91 bits per heavy atom. The quantitative estimate of drug-likeness (QED) is 0.670. The van der Waals surface area contributed by atoms with E-state index >= 15 is 0 Å². The van der Waals surface area contributed by atoms with Gasteiger partial charge >= 0.3 is 0 Å². The summed E-state index contributed by atoms with van der Waals surface area (Å²) in [5.41, 5.74) is 5.55. The summed E-state index contributed by atoms with van der Waals surface area (Å²) in [6, 6.07) is 0.234. The minimum atomic E-state index is -0.135. The number of hydrogen-bond acceptors (Lipinski definition) is 5. The van der Waals surface area contributed by atoms with Crippen LogP contribution in [-0.2, 0) is 14.4 Å². The van der Waals surface area contributed by atoms with Crippen molar-refractivity contribution in [2.45, 2.75) is 38.8 Å². The molecule has 4 heterocycles. The van der Waals surface area contributed by atoms with Crippen LogP contribution in [0.4, 0.5) is 0 Å². The maximum atomic E-state index is 13.4. The molecule has 8 nitrogen and oxygen atoms in total. The Morgan fingerprint density at radius 3 is 2.59 bits per heavy atom. The third kappa shape index (κ3) is 3.30. The number of amides is 3. The van der Waals surface area contributed by atoms with Gasteiger partial charge in [-0.3, -0.25) is 19.3 Å². The van der Waals surface area contributed by atoms with Gasteiger partial charge in [0.05, 0.1) is 18.2 Å². The van der Waals surface area contributed by atoms with Crippen LogP contribution in [0.15, 0.2) is 58.1 Å². The molecular formula is C24H29N5O3. The second kappa shape index (κ2) is 7.78. The summed E-state index contributed by atoms with van der Waals surface area (Å²) < 4.78 is 0. The molecule has 1 fully saturated rings. The molecule has 3 amide bonds. The zero-order valence-electron chi connectivity index (χ0n) is 18.8. The molecule has 32 heavy (non-hydrogen) atoms. The van der Waals surface area contributed by atoms with Gasteiger partial charge in [0.2, 0.25) is 11.8 Å². The van der Waals surface area contributed by atoms with Crippen LogP contribution >= 0.6 is 0 Å². The van der Waals surface area contributed by atoms with Crippen molar-refractivity contribution < 1.29 is 14.4 Å². The Hall–Kier alpha value is -3.13. The van der Waals surface area contributed by atoms with Gasteiger partial charge in [-0.2, -0.15) is 0 Å². The largest absolute Gasteiger partial charge is 0.385 e. The van der Waals surface area contributed by atoms with Gasteiger partial charge in [-0.1, -0.05) is 6.08 Å². The van der Waals surface area contributed by atoms with Gasteiger partial charge in [0, 0.05) is 69.7 Å². The number of likely N-dealkylation sites (tertiary alicyclic amines) is 1. The van der Waals surface area contributed by atoms with Crippen molar-refractivity contribution in [3.05, 3.63) is 58.1 Å². The number of hydrogen-bond donors (Lipinski definition) is 2. The van der Waals surface area contributed by atoms with Crippen LogP contribution in [0.5, 0.6) is 0 Å². The fourth-order valence-corrected chi connectivity index (χ4v) is 5.55. The number of allylic oxidation sites excluding steroid dienone is 1. The third-order valence-electron chi connectivity index (χ3n) is 7.11. The maximum Gasteiger partial charge on any atom is 0.258 e. The van der Waals surface area contributed by atoms with Crippen molar-refractivity contribution in [3.63, 3.8) is 0 Å². The van der Waals surface area contributed by atoms with Crippen LogP contribution in [-0.4, -0.2) is 77.7 Å². The van der Waals surface area contributed by atoms with E-state index < -0.39 is 0 Å². The van der Waals surface area contributed by atoms with E-state index in [4.69, 9.17) is 0 Å². The Morgan fingerprint density at radius 1 is 1.16 bits per heavy atom. The number of nitrogens with one attached hydrogen (secondary N) is 2. The van der Waals surface area contributed by atoms with Crippen molar-refractivity contribution in [3.8, 4) is 0 Å². The fourth-order valence-electron chi connectivity index (χ4n) is 5.55. The molecule has 1 saturated heterocycles. The maximum absolute atomic E-state index is 13.4. The van der Waals surface area contributed by atoms with Crippen molar-refractivity contribution in [2.75, 3.05) is 33.2 Å². The van der Waals surface area contributed by atoms with Crippen LogP contribution in [0.25, 0.3) is 0 Å². The summed E-state index contributed by atoms with van der Waals surface area (Å²) in [5, 5.41) is 6.22. The van der Waals surface area contributed by atoms with Crippen LogP contribution in [0, 0.1) is 0 Å². The molecular weight excluding hydrogens is 406 g/mol. The van der Waals surface area contributed by atoms with Gasteiger partial charge in [0.25, 0.3) is 5.91 Å². The topological polar surface area (TPSA) is 85.0 Å². The van der Waals surface area contributed by atoms with E-state index in [2.05, 4.69) is 21.6 Å². The first kappa shape index (κ1) is 20.8. The highest BCUT2D eigenvalue weighted by Gasteiger charge is 2.44. The molecule has 1 unspecified atom stereocenters. The molecule has 0 bridgehead atoms. The standard InChI is InChI=1S/C24H29N5O3/c1-14(30)26-17-4-5-20-19(10-17)23-22-16(11-25-12-21(22)27(3)24(23)32)13-29(20)18-6-8-28(9-7-18)15(2)31/h4-5,10-11,18,20,25H,6-9,12-13H2,1-3H3,(H,26,30). The number of nitrogens with zero attached hydrogens (tertiary/aromatic N) is 3. The Balaban J connectivity index is 1.58. The molecule has 0 saturated carbocycles. The van der Waals surface area contributed by atoms with E-state index in [9.17, 15) is 14.4 Å². The van der Waals surface area contributed by atoms with Gasteiger partial charge in [0.15, 0.2) is 0 Å². The number of dihydropyridines is 1. The zero-order valence-corrected chi connectivity index (χ0v) is 18.8. The lowest BCUT2D eigenvalue weighted by Crippen LogP contribution is -2.50. The summed E-state index contributed by atoms with van der Waals surface area (Å²) in [4.78, 5) is 43.0. The summed E-state index contributed by atoms with van der Waals surface area (Å²) in [7, 11) is 1.83. The van der Waals surface area contributed by atoms with Crippen LogP contribution in [0.2, 0.25) is 0 Å². The number of carbonyl (C=O) groups excluding carboxylic acids is 3. The molecule has 8 heteroatoms. The first-order chi connectivity index (χ1) is 15.3. The monoisotopic (exact) mass is 435 g/mol. The van der Waals surface area contributed by atoms with Gasteiger partial charge in [0.1, 0.15) is 0 Å². The molecule has 0 spiro atoms. The molecule has 4 aliphatic heterocycles. The molecule has 0 radical (unpaired) electrons. The number of piperidine rings is 1. The van der Waals surface area contributed by atoms with E-state index in [-0.39, 0.29) is 23.8 Å². The van der Waals surface area contributed by atoms with Crippen LogP contribution in [0.1, 0.15) is 26.7 Å². The summed E-state index contributed by atoms with van der Waals surface area (Å²) >= 11 is 0. The first-order valence-corrected chi connectivity index (χ1v) is 11.2. The molecule has 1 aliphatic carbocycles. The van der Waals surface area contributed by atoms with E-state index in [0.29, 0.717) is 18.3 Å². The molecule has 0 aromatic heterocycles. The van der Waals surface area contributed by atoms with E-state index in [1.165, 1.54) is 6.92 Å². The molecule has 168 valence electrons. The number of carbonyl (C=O) groups is 3. The smallest absolute Gasteiger partial charge is 0.258 e. The number of rotatable bonds is 2. The normalized spacial score (nSPS) is 25.7. The molecule has 1 atom stereocenters. The van der Waals surface area contributed by atoms with Crippen molar-refractivity contribution in [2.24, 2.45) is 0 Å². The second-order valence-electron chi connectivity index (χ2n) is 9.06. The Bertz CT molecular complexity index is 1060. The van der Waals surface area contributed by atoms with Crippen molar-refractivity contribution in [1.29, 1.82) is 0 Å². The van der Waals surface area contributed by atoms with Crippen LogP contribution in [0.3, 0.4) is 0 Å². The molecule has 2 N–H and O–H groups in total. The first-order valence-electron chi connectivity index (χ1n) is 11.2. The average Bonchev–Trinajstić information content (AvgIpc) is 2.94. The van der Waals surface area contributed by atoms with E-state index in [1.54, 1.807) is 11.8 Å². The lowest BCUT2D eigenvalue weighted by Gasteiger charge is -2.42. The number of likely N-dealkylation sites (N-methyl/N-ethyl adjacent to an activating group) is 1. The van der Waals surface area contributed by atoms with E-state index in [1.807, 2.05) is 30.3 Å². The Labute approximate surface area is 188 Å². The Kier molecular flexibility index (Phi) is 5.04. The predicted molar refractivity (Wildman–Crippen MR) is 120 cm³/mol. The van der Waals surface area contributed by atoms with Gasteiger partial charge in [-0.05, 0) is 36.1 Å². The zero-order chi connectivity index (χ0) is 22.6. The lowest BCUT2D eigenvalue weighted by atomic mass is 9.89. The van der Waals surface area contributed by atoms with Crippen LogP contribution < -0.4 is 10.6 Å². The van der Waals surface area contributed by atoms with Gasteiger partial charge in [-0.25, -0.2) is 0 Å². The molecule has 5 rings (SSSR count). The van der Waals surface area contributed by atoms with E-state index in [0.717, 1.165) is 60.5 Å². The second-order valence-corrected chi connectivity index (χ2v) is 9.06. The highest BCUT2D eigenvalue weighted by atomic mass is 16.2. The molecule has 0 aromatic rings. The minimum absolute atomic E-state index is 0.00609. The summed E-state index contributed by atoms with van der Waals surface area (Å²) in [6.07, 6.45) is 9.84. The highest BCUT2D eigenvalue weighted by Crippen LogP contribution is 2.43.